The van der Waals surface area contributed by atoms with Crippen molar-refractivity contribution in [3.63, 3.8) is 0 Å². The molecule has 0 aliphatic carbocycles. The second-order valence-electron chi connectivity index (χ2n) is 5.84. The van der Waals surface area contributed by atoms with E-state index in [1.54, 1.807) is 0 Å². The van der Waals surface area contributed by atoms with E-state index in [-0.39, 0.29) is 11.3 Å². The third-order valence-corrected chi connectivity index (χ3v) is 4.21. The van der Waals surface area contributed by atoms with E-state index in [0.29, 0.717) is 12.3 Å². The number of hydrogen-bond donors (Lipinski definition) is 0. The quantitative estimate of drug-likeness (QED) is 0.752. The minimum absolute atomic E-state index is 0.231. The molecule has 4 nitrogen and oxygen atoms in total. The van der Waals surface area contributed by atoms with Gasteiger partial charge in [0.05, 0.1) is 11.5 Å². The molecule has 0 spiro atoms. The fourth-order valence-corrected chi connectivity index (χ4v) is 2.71. The number of likely N-dealkylation sites (tertiary alicyclic amines) is 1. The number of rotatable bonds is 2. The highest BCUT2D eigenvalue weighted by Crippen LogP contribution is 2.30. The monoisotopic (exact) mass is 250 g/mol. The first-order valence-electron chi connectivity index (χ1n) is 6.90. The number of nitrogens with zero attached hydrogens (tertiary/aromatic N) is 2. The number of carbonyl (C=O) groups is 1. The SMILES string of the molecule is CC1(C#N)CCN(C(=O)C[C@@H]2CCCOC2)CC1. The van der Waals surface area contributed by atoms with Crippen molar-refractivity contribution in [1.29, 1.82) is 5.26 Å². The van der Waals surface area contributed by atoms with Crippen LogP contribution in [0.4, 0.5) is 0 Å². The predicted octanol–water partition coefficient (Wildman–Crippen LogP) is 1.96. The molecule has 0 aromatic heterocycles. The van der Waals surface area contributed by atoms with Gasteiger partial charge in [0, 0.05) is 32.7 Å². The molecule has 18 heavy (non-hydrogen) atoms. The molecule has 1 atom stereocenters. The molecule has 2 fully saturated rings. The van der Waals surface area contributed by atoms with E-state index in [2.05, 4.69) is 6.07 Å². The van der Waals surface area contributed by atoms with Crippen molar-refractivity contribution < 1.29 is 9.53 Å². The highest BCUT2D eigenvalue weighted by molar-refractivity contribution is 5.76. The van der Waals surface area contributed by atoms with Gasteiger partial charge in [-0.15, -0.1) is 0 Å². The van der Waals surface area contributed by atoms with Crippen LogP contribution in [0, 0.1) is 22.7 Å². The van der Waals surface area contributed by atoms with Gasteiger partial charge in [0.1, 0.15) is 0 Å². The van der Waals surface area contributed by atoms with E-state index in [9.17, 15) is 4.79 Å². The molecule has 0 bridgehead atoms. The van der Waals surface area contributed by atoms with Gasteiger partial charge in [-0.1, -0.05) is 0 Å². The molecule has 4 heteroatoms. The Labute approximate surface area is 109 Å². The first-order valence-corrected chi connectivity index (χ1v) is 6.90. The van der Waals surface area contributed by atoms with Crippen LogP contribution in [0.3, 0.4) is 0 Å². The van der Waals surface area contributed by atoms with Crippen LogP contribution in [0.15, 0.2) is 0 Å². The average molecular weight is 250 g/mol. The summed E-state index contributed by atoms with van der Waals surface area (Å²) < 4.78 is 5.41. The largest absolute Gasteiger partial charge is 0.381 e. The van der Waals surface area contributed by atoms with Gasteiger partial charge in [-0.2, -0.15) is 5.26 Å². The Kier molecular flexibility index (Phi) is 4.23. The summed E-state index contributed by atoms with van der Waals surface area (Å²) in [4.78, 5) is 14.1. The minimum atomic E-state index is -0.231. The number of piperidine rings is 1. The van der Waals surface area contributed by atoms with E-state index in [1.807, 2.05) is 11.8 Å². The van der Waals surface area contributed by atoms with Crippen molar-refractivity contribution in [2.75, 3.05) is 26.3 Å². The standard InChI is InChI=1S/C14H22N2O2/c1-14(11-15)4-6-16(7-5-14)13(17)9-12-3-2-8-18-10-12/h12H,2-10H2,1H3/t12-/m0/s1. The van der Waals surface area contributed by atoms with Crippen molar-refractivity contribution in [3.8, 4) is 6.07 Å². The van der Waals surface area contributed by atoms with E-state index in [4.69, 9.17) is 10.00 Å². The number of carbonyl (C=O) groups excluding carboxylic acids is 1. The van der Waals surface area contributed by atoms with Gasteiger partial charge < -0.3 is 9.64 Å². The van der Waals surface area contributed by atoms with Crippen molar-refractivity contribution in [1.82, 2.24) is 4.90 Å². The van der Waals surface area contributed by atoms with Crippen molar-refractivity contribution in [2.45, 2.75) is 39.0 Å². The second kappa shape index (κ2) is 5.71. The Bertz CT molecular complexity index is 334. The lowest BCUT2D eigenvalue weighted by Crippen LogP contribution is -2.42. The third kappa shape index (κ3) is 3.23. The molecule has 2 heterocycles. The van der Waals surface area contributed by atoms with Gasteiger partial charge in [0.25, 0.3) is 0 Å². The van der Waals surface area contributed by atoms with E-state index < -0.39 is 0 Å². The van der Waals surface area contributed by atoms with E-state index in [0.717, 1.165) is 52.0 Å². The molecule has 0 aromatic carbocycles. The molecular formula is C14H22N2O2. The molecule has 0 aromatic rings. The summed E-state index contributed by atoms with van der Waals surface area (Å²) in [7, 11) is 0. The van der Waals surface area contributed by atoms with Crippen LogP contribution in [0.1, 0.15) is 39.0 Å². The van der Waals surface area contributed by atoms with Gasteiger partial charge in [0.2, 0.25) is 5.91 Å². The summed E-state index contributed by atoms with van der Waals surface area (Å²) in [6, 6.07) is 2.36. The molecular weight excluding hydrogens is 228 g/mol. The molecule has 0 saturated carbocycles. The highest BCUT2D eigenvalue weighted by atomic mass is 16.5. The Hall–Kier alpha value is -1.08. The maximum Gasteiger partial charge on any atom is 0.222 e. The fourth-order valence-electron chi connectivity index (χ4n) is 2.71. The van der Waals surface area contributed by atoms with Gasteiger partial charge in [-0.3, -0.25) is 4.79 Å². The smallest absolute Gasteiger partial charge is 0.222 e. The van der Waals surface area contributed by atoms with Crippen molar-refractivity contribution >= 4 is 5.91 Å². The van der Waals surface area contributed by atoms with E-state index >= 15 is 0 Å². The zero-order valence-electron chi connectivity index (χ0n) is 11.2. The van der Waals surface area contributed by atoms with Crippen LogP contribution in [0.5, 0.6) is 0 Å². The lowest BCUT2D eigenvalue weighted by atomic mass is 9.82. The summed E-state index contributed by atoms with van der Waals surface area (Å²) >= 11 is 0. The molecule has 0 N–H and O–H groups in total. The molecule has 2 saturated heterocycles. The Balaban J connectivity index is 1.79. The Morgan fingerprint density at radius 3 is 2.78 bits per heavy atom. The second-order valence-corrected chi connectivity index (χ2v) is 5.84. The molecule has 2 aliphatic rings. The normalized spacial score (nSPS) is 27.6. The number of ether oxygens (including phenoxy) is 1. The van der Waals surface area contributed by atoms with Crippen LogP contribution < -0.4 is 0 Å². The van der Waals surface area contributed by atoms with Crippen LogP contribution in [0.25, 0.3) is 0 Å². The van der Waals surface area contributed by atoms with Crippen LogP contribution >= 0.6 is 0 Å². The van der Waals surface area contributed by atoms with Crippen LogP contribution in [-0.2, 0) is 9.53 Å². The van der Waals surface area contributed by atoms with Gasteiger partial charge >= 0.3 is 0 Å². The first kappa shape index (κ1) is 13.4. The van der Waals surface area contributed by atoms with Crippen molar-refractivity contribution in [2.24, 2.45) is 11.3 Å². The van der Waals surface area contributed by atoms with Gasteiger partial charge in [0.15, 0.2) is 0 Å². The first-order chi connectivity index (χ1) is 8.63. The fraction of sp³-hybridized carbons (Fsp3) is 0.857. The Morgan fingerprint density at radius 1 is 1.50 bits per heavy atom. The number of amides is 1. The summed E-state index contributed by atoms with van der Waals surface area (Å²) in [5, 5.41) is 9.07. The zero-order valence-corrected chi connectivity index (χ0v) is 11.2. The molecule has 2 rings (SSSR count). The molecule has 1 amide bonds. The maximum atomic E-state index is 12.2. The minimum Gasteiger partial charge on any atom is -0.381 e. The zero-order chi connectivity index (χ0) is 13.0. The summed E-state index contributed by atoms with van der Waals surface area (Å²) in [5.41, 5.74) is -0.231. The Morgan fingerprint density at radius 2 is 2.22 bits per heavy atom. The molecule has 2 aliphatic heterocycles. The van der Waals surface area contributed by atoms with Crippen molar-refractivity contribution in [3.05, 3.63) is 0 Å². The highest BCUT2D eigenvalue weighted by Gasteiger charge is 2.32. The van der Waals surface area contributed by atoms with Crippen LogP contribution in [-0.4, -0.2) is 37.1 Å². The lowest BCUT2D eigenvalue weighted by molar-refractivity contribution is -0.135. The average Bonchev–Trinajstić information content (AvgIpc) is 2.40. The summed E-state index contributed by atoms with van der Waals surface area (Å²) in [6.07, 6.45) is 4.40. The topological polar surface area (TPSA) is 53.3 Å². The van der Waals surface area contributed by atoms with Gasteiger partial charge in [-0.25, -0.2) is 0 Å². The molecule has 100 valence electrons. The predicted molar refractivity (Wildman–Crippen MR) is 67.7 cm³/mol. The number of hydrogen-bond acceptors (Lipinski definition) is 3. The lowest BCUT2D eigenvalue weighted by Gasteiger charge is -2.35. The maximum absolute atomic E-state index is 12.2. The number of nitriles is 1. The van der Waals surface area contributed by atoms with Crippen LogP contribution in [0.2, 0.25) is 0 Å². The molecule has 0 unspecified atom stereocenters. The van der Waals surface area contributed by atoms with Gasteiger partial charge in [-0.05, 0) is 38.5 Å². The molecule has 0 radical (unpaired) electrons. The van der Waals surface area contributed by atoms with E-state index in [1.165, 1.54) is 0 Å². The summed E-state index contributed by atoms with van der Waals surface area (Å²) in [6.45, 7) is 5.03. The summed E-state index contributed by atoms with van der Waals surface area (Å²) in [5.74, 6) is 0.640. The third-order valence-electron chi connectivity index (χ3n) is 4.21.